The Morgan fingerprint density at radius 2 is 1.35 bits per heavy atom. The van der Waals surface area contributed by atoms with Crippen molar-refractivity contribution in [2.24, 2.45) is 10.9 Å². The third kappa shape index (κ3) is 13.9. The van der Waals surface area contributed by atoms with Crippen molar-refractivity contribution >= 4 is 41.8 Å². The average Bonchev–Trinajstić information content (AvgIpc) is 2.73. The van der Waals surface area contributed by atoms with Crippen molar-refractivity contribution in [2.75, 3.05) is 46.3 Å². The zero-order chi connectivity index (χ0) is 22.2. The summed E-state index contributed by atoms with van der Waals surface area (Å²) in [7, 11) is 1.80. The van der Waals surface area contributed by atoms with E-state index in [0.29, 0.717) is 44.9 Å². The van der Waals surface area contributed by atoms with Crippen molar-refractivity contribution in [3.8, 4) is 0 Å². The van der Waals surface area contributed by atoms with Gasteiger partial charge in [0.2, 0.25) is 11.8 Å². The Hall–Kier alpha value is -1.06. The van der Waals surface area contributed by atoms with E-state index < -0.39 is 0 Å². The van der Waals surface area contributed by atoms with Crippen LogP contribution in [-0.2, 0) is 9.59 Å². The number of unbranched alkanes of at least 4 members (excludes halogenated alkanes) is 5. The highest BCUT2D eigenvalue weighted by Crippen LogP contribution is 2.10. The number of nitrogens with one attached hydrogen (secondary N) is 2. The lowest BCUT2D eigenvalue weighted by Gasteiger charge is -2.35. The number of carbonyl (C=O) groups is 2. The fraction of sp³-hybridized carbons (Fsp3) is 0.870. The van der Waals surface area contributed by atoms with Crippen LogP contribution in [0.4, 0.5) is 0 Å². The number of carbonyl (C=O) groups excluding carboxylic acids is 2. The molecule has 0 atom stereocenters. The van der Waals surface area contributed by atoms with Crippen LogP contribution in [-0.4, -0.2) is 73.9 Å². The molecule has 31 heavy (non-hydrogen) atoms. The second-order valence-electron chi connectivity index (χ2n) is 8.66. The number of hydrogen-bond acceptors (Lipinski definition) is 3. The maximum atomic E-state index is 12.4. The SMILES string of the molecule is CCCCCCNC(=NC)NCCCCCC(=O)N1CCN(C(=O)CC(C)C)CC1.I. The van der Waals surface area contributed by atoms with Gasteiger partial charge in [-0.1, -0.05) is 46.5 Å². The van der Waals surface area contributed by atoms with Crippen molar-refractivity contribution in [1.82, 2.24) is 20.4 Å². The minimum atomic E-state index is 0. The average molecular weight is 552 g/mol. The quantitative estimate of drug-likeness (QED) is 0.159. The molecule has 1 aliphatic heterocycles. The van der Waals surface area contributed by atoms with Gasteiger partial charge in [-0.25, -0.2) is 0 Å². The molecule has 182 valence electrons. The summed E-state index contributed by atoms with van der Waals surface area (Å²) in [4.78, 5) is 32.6. The summed E-state index contributed by atoms with van der Waals surface area (Å²) >= 11 is 0. The van der Waals surface area contributed by atoms with E-state index in [1.54, 1.807) is 7.05 Å². The van der Waals surface area contributed by atoms with Crippen molar-refractivity contribution in [2.45, 2.75) is 78.6 Å². The molecule has 0 radical (unpaired) electrons. The van der Waals surface area contributed by atoms with Crippen LogP contribution in [0.15, 0.2) is 4.99 Å². The number of hydrogen-bond donors (Lipinski definition) is 2. The Kier molecular flexibility index (Phi) is 17.9. The van der Waals surface area contributed by atoms with Gasteiger partial charge in [0.25, 0.3) is 0 Å². The molecule has 0 unspecified atom stereocenters. The molecule has 0 bridgehead atoms. The van der Waals surface area contributed by atoms with E-state index in [-0.39, 0.29) is 35.8 Å². The first-order chi connectivity index (χ1) is 14.5. The molecule has 1 aliphatic rings. The van der Waals surface area contributed by atoms with Crippen molar-refractivity contribution in [1.29, 1.82) is 0 Å². The summed E-state index contributed by atoms with van der Waals surface area (Å²) in [6.07, 6.45) is 9.15. The van der Waals surface area contributed by atoms with E-state index in [9.17, 15) is 9.59 Å². The number of guanidine groups is 1. The third-order valence-corrected chi connectivity index (χ3v) is 5.47. The molecule has 0 aromatic heterocycles. The van der Waals surface area contributed by atoms with Crippen LogP contribution < -0.4 is 10.6 Å². The van der Waals surface area contributed by atoms with Gasteiger partial charge in [0, 0.05) is 59.2 Å². The Bertz CT molecular complexity index is 520. The normalized spacial score (nSPS) is 14.4. The minimum Gasteiger partial charge on any atom is -0.356 e. The Labute approximate surface area is 207 Å². The highest BCUT2D eigenvalue weighted by molar-refractivity contribution is 14.0. The number of amides is 2. The number of rotatable bonds is 13. The van der Waals surface area contributed by atoms with Crippen LogP contribution in [0.2, 0.25) is 0 Å². The lowest BCUT2D eigenvalue weighted by atomic mass is 10.1. The smallest absolute Gasteiger partial charge is 0.222 e. The van der Waals surface area contributed by atoms with Crippen LogP contribution >= 0.6 is 24.0 Å². The maximum absolute atomic E-state index is 12.4. The molecule has 1 saturated heterocycles. The van der Waals surface area contributed by atoms with Gasteiger partial charge in [-0.3, -0.25) is 14.6 Å². The molecule has 2 amide bonds. The third-order valence-electron chi connectivity index (χ3n) is 5.47. The number of aliphatic imine (C=N–C) groups is 1. The molecule has 0 saturated carbocycles. The lowest BCUT2D eigenvalue weighted by molar-refractivity contribution is -0.140. The van der Waals surface area contributed by atoms with E-state index in [0.717, 1.165) is 38.3 Å². The van der Waals surface area contributed by atoms with Gasteiger partial charge < -0.3 is 20.4 Å². The lowest BCUT2D eigenvalue weighted by Crippen LogP contribution is -2.50. The van der Waals surface area contributed by atoms with Gasteiger partial charge in [0.1, 0.15) is 0 Å². The second kappa shape index (κ2) is 18.5. The zero-order valence-electron chi connectivity index (χ0n) is 20.3. The van der Waals surface area contributed by atoms with Crippen LogP contribution in [0.25, 0.3) is 0 Å². The summed E-state index contributed by atoms with van der Waals surface area (Å²) in [5, 5.41) is 6.70. The van der Waals surface area contributed by atoms with Crippen LogP contribution in [0.1, 0.15) is 78.6 Å². The zero-order valence-corrected chi connectivity index (χ0v) is 22.6. The van der Waals surface area contributed by atoms with Crippen LogP contribution in [0, 0.1) is 5.92 Å². The fourth-order valence-corrected chi connectivity index (χ4v) is 3.61. The topological polar surface area (TPSA) is 77.0 Å². The van der Waals surface area contributed by atoms with E-state index >= 15 is 0 Å². The summed E-state index contributed by atoms with van der Waals surface area (Å²) in [5.74, 6) is 1.69. The van der Waals surface area contributed by atoms with Gasteiger partial charge in [-0.05, 0) is 25.2 Å². The summed E-state index contributed by atoms with van der Waals surface area (Å²) in [6, 6.07) is 0. The largest absolute Gasteiger partial charge is 0.356 e. The summed E-state index contributed by atoms with van der Waals surface area (Å²) < 4.78 is 0. The molecular weight excluding hydrogens is 505 g/mol. The highest BCUT2D eigenvalue weighted by Gasteiger charge is 2.23. The highest BCUT2D eigenvalue weighted by atomic mass is 127. The molecule has 2 N–H and O–H groups in total. The molecule has 1 fully saturated rings. The summed E-state index contributed by atoms with van der Waals surface area (Å²) in [6.45, 7) is 10.9. The predicted molar refractivity (Wildman–Crippen MR) is 140 cm³/mol. The monoisotopic (exact) mass is 551 g/mol. The molecule has 0 aromatic carbocycles. The number of halogens is 1. The van der Waals surface area contributed by atoms with E-state index in [2.05, 4.69) is 36.4 Å². The molecule has 0 aromatic rings. The predicted octanol–water partition coefficient (Wildman–Crippen LogP) is 3.63. The van der Waals surface area contributed by atoms with Gasteiger partial charge in [0.15, 0.2) is 5.96 Å². The van der Waals surface area contributed by atoms with Gasteiger partial charge in [-0.15, -0.1) is 24.0 Å². The van der Waals surface area contributed by atoms with Crippen molar-refractivity contribution in [3.05, 3.63) is 0 Å². The van der Waals surface area contributed by atoms with Gasteiger partial charge in [0.05, 0.1) is 0 Å². The van der Waals surface area contributed by atoms with Gasteiger partial charge in [-0.2, -0.15) is 0 Å². The number of nitrogens with zero attached hydrogens (tertiary/aromatic N) is 3. The van der Waals surface area contributed by atoms with Crippen LogP contribution in [0.5, 0.6) is 0 Å². The van der Waals surface area contributed by atoms with Gasteiger partial charge >= 0.3 is 0 Å². The molecule has 0 spiro atoms. The first-order valence-corrected chi connectivity index (χ1v) is 12.0. The molecule has 0 aliphatic carbocycles. The number of piperazine rings is 1. The summed E-state index contributed by atoms with van der Waals surface area (Å²) in [5.41, 5.74) is 0. The van der Waals surface area contributed by atoms with E-state index in [1.165, 1.54) is 25.7 Å². The molecule has 7 nitrogen and oxygen atoms in total. The minimum absolute atomic E-state index is 0. The first-order valence-electron chi connectivity index (χ1n) is 12.0. The Balaban J connectivity index is 0.00000900. The Morgan fingerprint density at radius 1 is 0.839 bits per heavy atom. The standard InChI is InChI=1S/C23H45N5O2.HI/c1-5-6-7-10-13-25-23(24-4)26-14-11-8-9-12-21(29)27-15-17-28(18-16-27)22(30)19-20(2)3;/h20H,5-19H2,1-4H3,(H2,24,25,26);1H. The van der Waals surface area contributed by atoms with Crippen molar-refractivity contribution in [3.63, 3.8) is 0 Å². The molecule has 8 heteroatoms. The molecule has 1 heterocycles. The fourth-order valence-electron chi connectivity index (χ4n) is 3.61. The van der Waals surface area contributed by atoms with E-state index in [1.807, 2.05) is 9.80 Å². The van der Waals surface area contributed by atoms with Crippen molar-refractivity contribution < 1.29 is 9.59 Å². The van der Waals surface area contributed by atoms with Crippen LogP contribution in [0.3, 0.4) is 0 Å². The Morgan fingerprint density at radius 3 is 1.84 bits per heavy atom. The maximum Gasteiger partial charge on any atom is 0.222 e. The first kappa shape index (κ1) is 29.9. The molecular formula is C23H46IN5O2. The molecule has 1 rings (SSSR count). The van der Waals surface area contributed by atoms with E-state index in [4.69, 9.17) is 0 Å². The second-order valence-corrected chi connectivity index (χ2v) is 8.66.